The fraction of sp³-hybridized carbons (Fsp3) is 0.238. The quantitative estimate of drug-likeness (QED) is 0.721. The number of benzene rings is 2. The van der Waals surface area contributed by atoms with Gasteiger partial charge in [-0.1, -0.05) is 24.3 Å². The van der Waals surface area contributed by atoms with Crippen LogP contribution >= 0.6 is 0 Å². The lowest BCUT2D eigenvalue weighted by Crippen LogP contribution is -2.22. The minimum absolute atomic E-state index is 0.128. The number of nitrogens with zero attached hydrogens (tertiary/aromatic N) is 2. The van der Waals surface area contributed by atoms with Gasteiger partial charge in [0.2, 0.25) is 0 Å². The van der Waals surface area contributed by atoms with Gasteiger partial charge >= 0.3 is 0 Å². The minimum Gasteiger partial charge on any atom is -0.497 e. The van der Waals surface area contributed by atoms with Crippen molar-refractivity contribution in [2.45, 2.75) is 12.6 Å². The molecule has 0 N–H and O–H groups in total. The molecule has 3 aromatic rings. The van der Waals surface area contributed by atoms with Crippen molar-refractivity contribution >= 4 is 0 Å². The number of methoxy groups -OCH3 is 1. The maximum atomic E-state index is 6.36. The summed E-state index contributed by atoms with van der Waals surface area (Å²) in [7, 11) is 5.86. The van der Waals surface area contributed by atoms with Gasteiger partial charge in [0.05, 0.1) is 18.5 Å². The average Bonchev–Trinajstić information content (AvgIpc) is 3.04. The second-order valence-electron chi connectivity index (χ2n) is 6.56. The Balaban J connectivity index is 1.83. The molecule has 2 heterocycles. The molecule has 0 amide bonds. The van der Waals surface area contributed by atoms with Crippen LogP contribution in [0.2, 0.25) is 0 Å². The van der Waals surface area contributed by atoms with E-state index in [-0.39, 0.29) is 6.10 Å². The Morgan fingerprint density at radius 3 is 2.48 bits per heavy atom. The van der Waals surface area contributed by atoms with Crippen LogP contribution in [-0.4, -0.2) is 30.7 Å². The van der Waals surface area contributed by atoms with E-state index in [1.165, 1.54) is 5.69 Å². The predicted octanol–water partition coefficient (Wildman–Crippen LogP) is 4.03. The Kier molecular flexibility index (Phi) is 3.98. The summed E-state index contributed by atoms with van der Waals surface area (Å²) in [6.45, 7) is 0.879. The van der Waals surface area contributed by atoms with Gasteiger partial charge in [-0.25, -0.2) is 0 Å². The van der Waals surface area contributed by atoms with Crippen molar-refractivity contribution in [2.75, 3.05) is 21.2 Å². The van der Waals surface area contributed by atoms with Crippen LogP contribution < -0.4 is 9.47 Å². The Labute approximate surface area is 148 Å². The first-order chi connectivity index (χ1) is 12.2. The third kappa shape index (κ3) is 2.79. The summed E-state index contributed by atoms with van der Waals surface area (Å²) in [5.74, 6) is 1.76. The molecule has 25 heavy (non-hydrogen) atoms. The highest BCUT2D eigenvalue weighted by Crippen LogP contribution is 2.40. The zero-order valence-electron chi connectivity index (χ0n) is 14.8. The fourth-order valence-electron chi connectivity index (χ4n) is 3.39. The molecular weight excluding hydrogens is 312 g/mol. The summed E-state index contributed by atoms with van der Waals surface area (Å²) < 4.78 is 14.0. The van der Waals surface area contributed by atoms with E-state index in [4.69, 9.17) is 9.47 Å². The topological polar surface area (TPSA) is 26.6 Å². The lowest BCUT2D eigenvalue weighted by atomic mass is 10.0. The maximum Gasteiger partial charge on any atom is 0.164 e. The lowest BCUT2D eigenvalue weighted by Gasteiger charge is -2.30. The van der Waals surface area contributed by atoms with Gasteiger partial charge in [-0.15, -0.1) is 0 Å². The van der Waals surface area contributed by atoms with Crippen molar-refractivity contribution in [1.29, 1.82) is 0 Å². The number of rotatable bonds is 4. The molecule has 0 aliphatic carbocycles. The molecule has 1 aliphatic rings. The molecule has 0 spiro atoms. The molecule has 0 fully saturated rings. The van der Waals surface area contributed by atoms with E-state index < -0.39 is 0 Å². The van der Waals surface area contributed by atoms with Crippen molar-refractivity contribution in [3.05, 3.63) is 77.6 Å². The summed E-state index contributed by atoms with van der Waals surface area (Å²) in [6, 6.07) is 20.7. The molecule has 0 saturated carbocycles. The van der Waals surface area contributed by atoms with Gasteiger partial charge in [-0.3, -0.25) is 0 Å². The smallest absolute Gasteiger partial charge is 0.164 e. The molecule has 0 bridgehead atoms. The van der Waals surface area contributed by atoms with E-state index in [0.29, 0.717) is 0 Å². The van der Waals surface area contributed by atoms with Crippen molar-refractivity contribution in [2.24, 2.45) is 0 Å². The van der Waals surface area contributed by atoms with Crippen LogP contribution in [0.15, 0.2) is 60.7 Å². The zero-order valence-corrected chi connectivity index (χ0v) is 14.8. The van der Waals surface area contributed by atoms with Crippen LogP contribution in [0.25, 0.3) is 5.69 Å². The van der Waals surface area contributed by atoms with Gasteiger partial charge in [-0.2, -0.15) is 0 Å². The maximum absolute atomic E-state index is 6.36. The van der Waals surface area contributed by atoms with Gasteiger partial charge in [-0.05, 0) is 56.1 Å². The van der Waals surface area contributed by atoms with Gasteiger partial charge in [0.25, 0.3) is 0 Å². The predicted molar refractivity (Wildman–Crippen MR) is 98.6 cm³/mol. The SMILES string of the molecule is COc1ccc([C@@H]2Oc3ccccc3-n3c(CN(C)C)ccc32)cc1. The first kappa shape index (κ1) is 15.8. The second kappa shape index (κ2) is 6.30. The minimum atomic E-state index is -0.128. The molecular formula is C21H22N2O2. The van der Waals surface area contributed by atoms with Crippen molar-refractivity contribution in [3.8, 4) is 17.2 Å². The van der Waals surface area contributed by atoms with Crippen LogP contribution in [-0.2, 0) is 6.54 Å². The van der Waals surface area contributed by atoms with Crippen LogP contribution in [0.4, 0.5) is 0 Å². The van der Waals surface area contributed by atoms with Crippen molar-refractivity contribution < 1.29 is 9.47 Å². The summed E-state index contributed by atoms with van der Waals surface area (Å²) in [5.41, 5.74) is 4.63. The summed E-state index contributed by atoms with van der Waals surface area (Å²) in [5, 5.41) is 0. The Morgan fingerprint density at radius 1 is 1.00 bits per heavy atom. The molecule has 4 nitrogen and oxygen atoms in total. The Hall–Kier alpha value is -2.72. The number of aromatic nitrogens is 1. The highest BCUT2D eigenvalue weighted by atomic mass is 16.5. The van der Waals surface area contributed by atoms with Gasteiger partial charge in [0.15, 0.2) is 6.10 Å². The summed E-state index contributed by atoms with van der Waals surface area (Å²) >= 11 is 0. The Bertz CT molecular complexity index is 881. The highest BCUT2D eigenvalue weighted by molar-refractivity contribution is 5.54. The molecule has 0 radical (unpaired) electrons. The van der Waals surface area contributed by atoms with Crippen LogP contribution in [0.5, 0.6) is 11.5 Å². The third-order valence-corrected chi connectivity index (χ3v) is 4.51. The van der Waals surface area contributed by atoms with Crippen molar-refractivity contribution in [1.82, 2.24) is 9.47 Å². The summed E-state index contributed by atoms with van der Waals surface area (Å²) in [6.07, 6.45) is -0.128. The Morgan fingerprint density at radius 2 is 1.76 bits per heavy atom. The molecule has 4 rings (SSSR count). The first-order valence-electron chi connectivity index (χ1n) is 8.42. The molecule has 1 aliphatic heterocycles. The number of fused-ring (bicyclic) bond motifs is 3. The van der Waals surface area contributed by atoms with E-state index in [1.54, 1.807) is 7.11 Å². The second-order valence-corrected chi connectivity index (χ2v) is 6.56. The van der Waals surface area contributed by atoms with Gasteiger partial charge in [0, 0.05) is 12.2 Å². The molecule has 0 unspecified atom stereocenters. The lowest BCUT2D eigenvalue weighted by molar-refractivity contribution is 0.226. The molecule has 1 atom stereocenters. The molecule has 0 saturated heterocycles. The largest absolute Gasteiger partial charge is 0.497 e. The third-order valence-electron chi connectivity index (χ3n) is 4.51. The van der Waals surface area contributed by atoms with E-state index >= 15 is 0 Å². The molecule has 128 valence electrons. The van der Waals surface area contributed by atoms with Crippen molar-refractivity contribution in [3.63, 3.8) is 0 Å². The van der Waals surface area contributed by atoms with E-state index in [1.807, 2.05) is 24.3 Å². The molecule has 1 aromatic heterocycles. The number of hydrogen-bond donors (Lipinski definition) is 0. The number of para-hydroxylation sites is 2. The fourth-order valence-corrected chi connectivity index (χ4v) is 3.39. The number of hydrogen-bond acceptors (Lipinski definition) is 3. The van der Waals surface area contributed by atoms with E-state index in [9.17, 15) is 0 Å². The summed E-state index contributed by atoms with van der Waals surface area (Å²) in [4.78, 5) is 2.18. The zero-order chi connectivity index (χ0) is 17.4. The van der Waals surface area contributed by atoms with Crippen LogP contribution in [0.1, 0.15) is 23.1 Å². The van der Waals surface area contributed by atoms with E-state index in [0.717, 1.165) is 35.0 Å². The average molecular weight is 334 g/mol. The van der Waals surface area contributed by atoms with Crippen LogP contribution in [0.3, 0.4) is 0 Å². The number of ether oxygens (including phenoxy) is 2. The standard InChI is InChI=1S/C21H22N2O2/c1-22(2)14-16-10-13-19-21(15-8-11-17(24-3)12-9-15)25-20-7-5-4-6-18(20)23(16)19/h4-13,21H,14H2,1-3H3/t21-/m0/s1. The molecule has 4 heteroatoms. The van der Waals surface area contributed by atoms with E-state index in [2.05, 4.69) is 60.0 Å². The normalized spacial score (nSPS) is 15.4. The highest BCUT2D eigenvalue weighted by Gasteiger charge is 2.29. The van der Waals surface area contributed by atoms with Crippen LogP contribution in [0, 0.1) is 0 Å². The monoisotopic (exact) mass is 334 g/mol. The van der Waals surface area contributed by atoms with Gasteiger partial charge in [0.1, 0.15) is 11.5 Å². The first-order valence-corrected chi connectivity index (χ1v) is 8.42. The molecule has 2 aromatic carbocycles. The van der Waals surface area contributed by atoms with Gasteiger partial charge < -0.3 is 18.9 Å².